The van der Waals surface area contributed by atoms with Crippen molar-refractivity contribution in [3.63, 3.8) is 0 Å². The van der Waals surface area contributed by atoms with Gasteiger partial charge in [0, 0.05) is 6.07 Å². The Morgan fingerprint density at radius 3 is 2.06 bits per heavy atom. The summed E-state index contributed by atoms with van der Waals surface area (Å²) in [5.41, 5.74) is -0.139. The molecule has 0 aliphatic rings. The van der Waals surface area contributed by atoms with Crippen LogP contribution in [-0.2, 0) is 0 Å². The summed E-state index contributed by atoms with van der Waals surface area (Å²) in [7, 11) is 4.11. The fraction of sp³-hybridized carbons (Fsp3) is 0.364. The summed E-state index contributed by atoms with van der Waals surface area (Å²) in [4.78, 5) is 11.3. The summed E-state index contributed by atoms with van der Waals surface area (Å²) >= 11 is 0. The maximum Gasteiger partial charge on any atom is 0.204 e. The summed E-state index contributed by atoms with van der Waals surface area (Å²) in [6.07, 6.45) is 0. The lowest BCUT2D eigenvalue weighted by Crippen LogP contribution is -2.05. The highest BCUT2D eigenvalue weighted by molar-refractivity contribution is 5.98. The summed E-state index contributed by atoms with van der Waals surface area (Å²) in [6.45, 7) is 1.26. The largest absolute Gasteiger partial charge is 0.493 e. The molecule has 16 heavy (non-hydrogen) atoms. The molecule has 0 saturated carbocycles. The molecule has 0 amide bonds. The van der Waals surface area contributed by atoms with Crippen LogP contribution in [0.15, 0.2) is 6.07 Å². The number of benzene rings is 1. The summed E-state index contributed by atoms with van der Waals surface area (Å²) in [6, 6.07) is 1.10. The number of halogens is 1. The van der Waals surface area contributed by atoms with E-state index in [1.54, 1.807) is 0 Å². The number of carbonyl (C=O) groups is 1. The van der Waals surface area contributed by atoms with Crippen LogP contribution in [0.2, 0.25) is 0 Å². The van der Waals surface area contributed by atoms with Gasteiger partial charge in [-0.1, -0.05) is 0 Å². The molecule has 0 radical (unpaired) electrons. The Labute approximate surface area is 92.9 Å². The third kappa shape index (κ3) is 1.93. The van der Waals surface area contributed by atoms with Gasteiger partial charge < -0.3 is 14.2 Å². The lowest BCUT2D eigenvalue weighted by atomic mass is 10.1. The lowest BCUT2D eigenvalue weighted by Gasteiger charge is -2.15. The van der Waals surface area contributed by atoms with E-state index >= 15 is 0 Å². The minimum Gasteiger partial charge on any atom is -0.493 e. The highest BCUT2D eigenvalue weighted by Crippen LogP contribution is 2.41. The third-order valence-electron chi connectivity index (χ3n) is 2.13. The smallest absolute Gasteiger partial charge is 0.204 e. The second kappa shape index (κ2) is 4.83. The van der Waals surface area contributed by atoms with Crippen molar-refractivity contribution in [3.05, 3.63) is 17.4 Å². The molecule has 0 bridgehead atoms. The average Bonchev–Trinajstić information content (AvgIpc) is 2.26. The quantitative estimate of drug-likeness (QED) is 0.740. The molecule has 0 heterocycles. The van der Waals surface area contributed by atoms with Crippen LogP contribution >= 0.6 is 0 Å². The zero-order chi connectivity index (χ0) is 12.3. The van der Waals surface area contributed by atoms with Crippen LogP contribution in [0.3, 0.4) is 0 Å². The molecular weight excluding hydrogens is 215 g/mol. The molecule has 0 aromatic heterocycles. The molecule has 0 aliphatic carbocycles. The van der Waals surface area contributed by atoms with Gasteiger partial charge in [0.05, 0.1) is 26.9 Å². The van der Waals surface area contributed by atoms with Crippen molar-refractivity contribution >= 4 is 5.78 Å². The van der Waals surface area contributed by atoms with Crippen molar-refractivity contribution in [2.75, 3.05) is 21.3 Å². The van der Waals surface area contributed by atoms with E-state index in [1.807, 2.05) is 0 Å². The summed E-state index contributed by atoms with van der Waals surface area (Å²) in [5.74, 6) is -0.692. The van der Waals surface area contributed by atoms with Crippen LogP contribution in [0.25, 0.3) is 0 Å². The first kappa shape index (κ1) is 12.3. The van der Waals surface area contributed by atoms with Crippen molar-refractivity contribution < 1.29 is 23.4 Å². The molecular formula is C11H13FO4. The van der Waals surface area contributed by atoms with Crippen molar-refractivity contribution in [2.45, 2.75) is 6.92 Å². The zero-order valence-electron chi connectivity index (χ0n) is 9.59. The lowest BCUT2D eigenvalue weighted by molar-refractivity contribution is 0.101. The van der Waals surface area contributed by atoms with Crippen LogP contribution in [0.1, 0.15) is 17.3 Å². The van der Waals surface area contributed by atoms with Gasteiger partial charge in [0.2, 0.25) is 5.75 Å². The zero-order valence-corrected chi connectivity index (χ0v) is 9.59. The van der Waals surface area contributed by atoms with E-state index in [4.69, 9.17) is 14.2 Å². The molecule has 5 heteroatoms. The normalized spacial score (nSPS) is 9.81. The number of ketones is 1. The molecule has 1 aromatic carbocycles. The number of carbonyl (C=O) groups excluding carboxylic acids is 1. The van der Waals surface area contributed by atoms with Gasteiger partial charge in [-0.15, -0.1) is 0 Å². The number of ether oxygens (including phenoxy) is 3. The number of rotatable bonds is 4. The average molecular weight is 228 g/mol. The predicted molar refractivity (Wildman–Crippen MR) is 56.1 cm³/mol. The van der Waals surface area contributed by atoms with E-state index < -0.39 is 11.6 Å². The summed E-state index contributed by atoms with van der Waals surface area (Å²) < 4.78 is 28.6. The van der Waals surface area contributed by atoms with E-state index in [2.05, 4.69) is 0 Å². The third-order valence-corrected chi connectivity index (χ3v) is 2.13. The van der Waals surface area contributed by atoms with E-state index in [-0.39, 0.29) is 22.8 Å². The Kier molecular flexibility index (Phi) is 3.71. The van der Waals surface area contributed by atoms with E-state index in [0.29, 0.717) is 0 Å². The summed E-state index contributed by atoms with van der Waals surface area (Å²) in [5, 5.41) is 0. The van der Waals surface area contributed by atoms with E-state index in [0.717, 1.165) is 6.07 Å². The van der Waals surface area contributed by atoms with Gasteiger partial charge in [0.15, 0.2) is 17.3 Å². The van der Waals surface area contributed by atoms with Crippen molar-refractivity contribution in [1.82, 2.24) is 0 Å². The van der Waals surface area contributed by atoms with Crippen LogP contribution < -0.4 is 14.2 Å². The van der Waals surface area contributed by atoms with Crippen molar-refractivity contribution in [2.24, 2.45) is 0 Å². The first-order valence-electron chi connectivity index (χ1n) is 4.56. The van der Waals surface area contributed by atoms with Crippen LogP contribution in [0, 0.1) is 5.82 Å². The van der Waals surface area contributed by atoms with E-state index in [1.165, 1.54) is 28.3 Å². The second-order valence-electron chi connectivity index (χ2n) is 3.06. The Balaban J connectivity index is 3.57. The van der Waals surface area contributed by atoms with Crippen LogP contribution in [0.4, 0.5) is 4.39 Å². The number of methoxy groups -OCH3 is 3. The van der Waals surface area contributed by atoms with Gasteiger partial charge in [-0.3, -0.25) is 4.79 Å². The molecule has 0 fully saturated rings. The number of hydrogen-bond acceptors (Lipinski definition) is 4. The second-order valence-corrected chi connectivity index (χ2v) is 3.06. The van der Waals surface area contributed by atoms with Gasteiger partial charge >= 0.3 is 0 Å². The molecule has 0 spiro atoms. The molecule has 4 nitrogen and oxygen atoms in total. The fourth-order valence-corrected chi connectivity index (χ4v) is 1.45. The monoisotopic (exact) mass is 228 g/mol. The standard InChI is InChI=1S/C11H13FO4/c1-6(13)9-7(12)5-8(14-2)10(15-3)11(9)16-4/h5H,1-4H3. The Hall–Kier alpha value is -1.78. The first-order valence-corrected chi connectivity index (χ1v) is 4.56. The molecule has 1 rings (SSSR count). The van der Waals surface area contributed by atoms with Crippen molar-refractivity contribution in [1.29, 1.82) is 0 Å². The van der Waals surface area contributed by atoms with Gasteiger partial charge in [0.25, 0.3) is 0 Å². The highest BCUT2D eigenvalue weighted by atomic mass is 19.1. The molecule has 0 saturated heterocycles. The van der Waals surface area contributed by atoms with Crippen LogP contribution in [0.5, 0.6) is 17.2 Å². The van der Waals surface area contributed by atoms with E-state index in [9.17, 15) is 9.18 Å². The van der Waals surface area contributed by atoms with Gasteiger partial charge in [-0.05, 0) is 6.92 Å². The maximum atomic E-state index is 13.6. The Bertz CT molecular complexity index is 415. The number of hydrogen-bond donors (Lipinski definition) is 0. The molecule has 0 atom stereocenters. The molecule has 0 aliphatic heterocycles. The molecule has 1 aromatic rings. The Morgan fingerprint density at radius 2 is 1.69 bits per heavy atom. The molecule has 0 N–H and O–H groups in total. The molecule has 0 unspecified atom stereocenters. The first-order chi connectivity index (χ1) is 7.56. The van der Waals surface area contributed by atoms with Crippen LogP contribution in [-0.4, -0.2) is 27.1 Å². The fourth-order valence-electron chi connectivity index (χ4n) is 1.45. The predicted octanol–water partition coefficient (Wildman–Crippen LogP) is 2.05. The van der Waals surface area contributed by atoms with Gasteiger partial charge in [-0.25, -0.2) is 4.39 Å². The Morgan fingerprint density at radius 1 is 1.12 bits per heavy atom. The SMILES string of the molecule is COc1cc(F)c(C(C)=O)c(OC)c1OC. The minimum atomic E-state index is -0.693. The minimum absolute atomic E-state index is 0.0480. The molecule has 88 valence electrons. The maximum absolute atomic E-state index is 13.6. The van der Waals surface area contributed by atoms with Gasteiger partial charge in [0.1, 0.15) is 5.82 Å². The van der Waals surface area contributed by atoms with Gasteiger partial charge in [-0.2, -0.15) is 0 Å². The number of Topliss-reactive ketones (excluding diaryl/α,β-unsaturated/α-hetero) is 1. The van der Waals surface area contributed by atoms with Crippen molar-refractivity contribution in [3.8, 4) is 17.2 Å². The highest BCUT2D eigenvalue weighted by Gasteiger charge is 2.23. The topological polar surface area (TPSA) is 44.8 Å².